The second-order valence-electron chi connectivity index (χ2n) is 8.01. The summed E-state index contributed by atoms with van der Waals surface area (Å²) in [5.74, 6) is -1.39. The summed E-state index contributed by atoms with van der Waals surface area (Å²) >= 11 is 4.01. The molecule has 9 nitrogen and oxygen atoms in total. The van der Waals surface area contributed by atoms with E-state index < -0.39 is 43.4 Å². The molecular weight excluding hydrogens is 518 g/mol. The Labute approximate surface area is 219 Å². The van der Waals surface area contributed by atoms with Crippen LogP contribution in [0.5, 0.6) is 0 Å². The second-order valence-corrected chi connectivity index (χ2v) is 10.4. The number of nitrogens with zero attached hydrogens (tertiary/aromatic N) is 1. The molecule has 0 saturated carbocycles. The molecule has 0 aliphatic rings. The number of hydrogen-bond donors (Lipinski definition) is 1. The minimum atomic E-state index is -4.23. The van der Waals surface area contributed by atoms with Gasteiger partial charge in [-0.15, -0.1) is 12.6 Å². The molecule has 3 aromatic carbocycles. The first kappa shape index (κ1) is 27.9. The minimum Gasteiger partial charge on any atom is -0.463 e. The van der Waals surface area contributed by atoms with E-state index >= 15 is 0 Å². The molecule has 0 aliphatic heterocycles. The number of carbonyl (C=O) groups is 2. The van der Waals surface area contributed by atoms with Crippen molar-refractivity contribution in [1.29, 1.82) is 0 Å². The van der Waals surface area contributed by atoms with Crippen molar-refractivity contribution in [2.45, 2.75) is 47.0 Å². The zero-order chi connectivity index (χ0) is 27.0. The van der Waals surface area contributed by atoms with Crippen LogP contribution < -0.4 is 0 Å². The van der Waals surface area contributed by atoms with Crippen LogP contribution in [-0.2, 0) is 35.3 Å². The Kier molecular flexibility index (Phi) is 9.42. The number of nitro benzene ring substituents is 1. The molecule has 11 heteroatoms. The van der Waals surface area contributed by atoms with Gasteiger partial charge in [-0.1, -0.05) is 61.9 Å². The molecule has 0 bridgehead atoms. The summed E-state index contributed by atoms with van der Waals surface area (Å²) in [6, 6.07) is 17.6. The van der Waals surface area contributed by atoms with Gasteiger partial charge in [0.05, 0.1) is 27.7 Å². The lowest BCUT2D eigenvalue weighted by molar-refractivity contribution is -0.390. The maximum Gasteiger partial charge on any atom is 0.352 e. The van der Waals surface area contributed by atoms with Crippen molar-refractivity contribution >= 4 is 40.1 Å². The van der Waals surface area contributed by atoms with E-state index in [0.717, 1.165) is 12.5 Å². The largest absolute Gasteiger partial charge is 0.463 e. The number of nitro groups is 1. The predicted molar refractivity (Wildman–Crippen MR) is 137 cm³/mol. The number of sulfone groups is 1. The molecule has 0 fully saturated rings. The molecule has 0 heterocycles. The third-order valence-corrected chi connectivity index (χ3v) is 7.50. The Balaban J connectivity index is 1.77. The quantitative estimate of drug-likeness (QED) is 0.119. The number of para-hydroxylation sites is 1. The topological polar surface area (TPSA) is 130 Å². The van der Waals surface area contributed by atoms with E-state index in [9.17, 15) is 28.1 Å². The summed E-state index contributed by atoms with van der Waals surface area (Å²) in [7, 11) is -4.23. The second kappa shape index (κ2) is 12.5. The highest BCUT2D eigenvalue weighted by atomic mass is 32.2. The van der Waals surface area contributed by atoms with Crippen LogP contribution >= 0.6 is 12.6 Å². The van der Waals surface area contributed by atoms with E-state index in [1.54, 1.807) is 30.3 Å². The van der Waals surface area contributed by atoms with E-state index in [1.165, 1.54) is 36.4 Å². The van der Waals surface area contributed by atoms with Crippen LogP contribution in [0.15, 0.2) is 87.5 Å². The molecule has 1 atom stereocenters. The molecule has 0 N–H and O–H groups in total. The van der Waals surface area contributed by atoms with Gasteiger partial charge in [0.1, 0.15) is 0 Å². The van der Waals surface area contributed by atoms with Gasteiger partial charge in [0, 0.05) is 5.56 Å². The number of rotatable bonds is 11. The molecule has 0 aromatic heterocycles. The highest BCUT2D eigenvalue weighted by Crippen LogP contribution is 2.34. The monoisotopic (exact) mass is 543 g/mol. The van der Waals surface area contributed by atoms with Gasteiger partial charge < -0.3 is 9.47 Å². The van der Waals surface area contributed by atoms with Gasteiger partial charge in [0.15, 0.2) is 4.90 Å². The SMILES string of the molecule is CCCCOC(=O)C(OC(=O)Cc1ccc(S(=O)(=O)c2cccc(S)c2[N+](=O)[O-])cc1)c1ccccc1. The third-order valence-electron chi connectivity index (χ3n) is 5.34. The standard InChI is InChI=1S/C26H25NO8S2/c1-2-3-16-34-26(29)25(19-8-5-4-6-9-19)35-23(28)17-18-12-14-20(15-13-18)37(32,33)22-11-7-10-21(36)24(22)27(30)31/h4-15,25,36H,2-3,16-17H2,1H3. The highest BCUT2D eigenvalue weighted by molar-refractivity contribution is 7.91. The summed E-state index contributed by atoms with van der Waals surface area (Å²) in [4.78, 5) is 35.1. The third kappa shape index (κ3) is 6.95. The maximum absolute atomic E-state index is 13.0. The van der Waals surface area contributed by atoms with Gasteiger partial charge in [-0.3, -0.25) is 14.9 Å². The predicted octanol–water partition coefficient (Wildman–Crippen LogP) is 4.89. The summed E-state index contributed by atoms with van der Waals surface area (Å²) in [5.41, 5.74) is 0.274. The Hall–Kier alpha value is -3.70. The molecule has 3 rings (SSSR count). The number of thiol groups is 1. The van der Waals surface area contributed by atoms with Crippen molar-refractivity contribution in [3.05, 3.63) is 94.0 Å². The number of unbranched alkanes of at least 4 members (excludes halogenated alkanes) is 1. The summed E-state index contributed by atoms with van der Waals surface area (Å²) in [6.45, 7) is 2.16. The zero-order valence-electron chi connectivity index (χ0n) is 19.9. The smallest absolute Gasteiger partial charge is 0.352 e. The van der Waals surface area contributed by atoms with Gasteiger partial charge in [-0.05, 0) is 36.2 Å². The first-order chi connectivity index (χ1) is 17.6. The Morgan fingerprint density at radius 3 is 2.30 bits per heavy atom. The fourth-order valence-electron chi connectivity index (χ4n) is 3.44. The van der Waals surface area contributed by atoms with Crippen molar-refractivity contribution < 1.29 is 32.4 Å². The molecule has 0 saturated heterocycles. The van der Waals surface area contributed by atoms with E-state index in [-0.39, 0.29) is 22.8 Å². The van der Waals surface area contributed by atoms with Gasteiger partial charge in [0.2, 0.25) is 15.9 Å². The molecule has 0 amide bonds. The summed E-state index contributed by atoms with van der Waals surface area (Å²) < 4.78 is 36.8. The normalized spacial score (nSPS) is 11.9. The maximum atomic E-state index is 13.0. The van der Waals surface area contributed by atoms with Crippen molar-refractivity contribution in [1.82, 2.24) is 0 Å². The first-order valence-corrected chi connectivity index (χ1v) is 13.3. The Morgan fingerprint density at radius 2 is 1.68 bits per heavy atom. The molecular formula is C26H25NO8S2. The van der Waals surface area contributed by atoms with Crippen LogP contribution in [0, 0.1) is 10.1 Å². The van der Waals surface area contributed by atoms with Crippen LogP contribution in [0.25, 0.3) is 0 Å². The zero-order valence-corrected chi connectivity index (χ0v) is 21.6. The van der Waals surface area contributed by atoms with E-state index in [4.69, 9.17) is 9.47 Å². The average molecular weight is 544 g/mol. The van der Waals surface area contributed by atoms with Gasteiger partial charge in [-0.2, -0.15) is 0 Å². The van der Waals surface area contributed by atoms with Crippen molar-refractivity contribution in [3.63, 3.8) is 0 Å². The van der Waals surface area contributed by atoms with Crippen LogP contribution in [-0.4, -0.2) is 31.9 Å². The first-order valence-electron chi connectivity index (χ1n) is 11.4. The lowest BCUT2D eigenvalue weighted by Gasteiger charge is -2.17. The number of benzene rings is 3. The molecule has 0 aliphatic carbocycles. The highest BCUT2D eigenvalue weighted by Gasteiger charge is 2.30. The van der Waals surface area contributed by atoms with E-state index in [0.29, 0.717) is 17.5 Å². The van der Waals surface area contributed by atoms with Crippen LogP contribution in [0.2, 0.25) is 0 Å². The van der Waals surface area contributed by atoms with Crippen molar-refractivity contribution in [2.24, 2.45) is 0 Å². The average Bonchev–Trinajstić information content (AvgIpc) is 2.87. The van der Waals surface area contributed by atoms with E-state index in [1.807, 2.05) is 6.92 Å². The fraction of sp³-hybridized carbons (Fsp3) is 0.231. The molecule has 37 heavy (non-hydrogen) atoms. The van der Waals surface area contributed by atoms with Crippen LogP contribution in [0.1, 0.15) is 37.0 Å². The molecule has 0 radical (unpaired) electrons. The van der Waals surface area contributed by atoms with E-state index in [2.05, 4.69) is 12.6 Å². The van der Waals surface area contributed by atoms with Crippen LogP contribution in [0.4, 0.5) is 5.69 Å². The Bertz CT molecular complexity index is 1370. The summed E-state index contributed by atoms with van der Waals surface area (Å²) in [6.07, 6.45) is 0.0393. The van der Waals surface area contributed by atoms with Gasteiger partial charge in [0.25, 0.3) is 0 Å². The summed E-state index contributed by atoms with van der Waals surface area (Å²) in [5, 5.41) is 11.4. The number of esters is 2. The molecule has 194 valence electrons. The Morgan fingerprint density at radius 1 is 1.00 bits per heavy atom. The van der Waals surface area contributed by atoms with Gasteiger partial charge >= 0.3 is 17.6 Å². The van der Waals surface area contributed by atoms with Crippen molar-refractivity contribution in [2.75, 3.05) is 6.61 Å². The number of carbonyl (C=O) groups excluding carboxylic acids is 2. The van der Waals surface area contributed by atoms with Crippen molar-refractivity contribution in [3.8, 4) is 0 Å². The lowest BCUT2D eigenvalue weighted by atomic mass is 10.1. The minimum absolute atomic E-state index is 0.0772. The molecule has 3 aromatic rings. The van der Waals surface area contributed by atoms with Gasteiger partial charge in [-0.25, -0.2) is 13.2 Å². The number of ether oxygens (including phenoxy) is 2. The fourth-order valence-corrected chi connectivity index (χ4v) is 5.25. The lowest BCUT2D eigenvalue weighted by Crippen LogP contribution is -2.23. The molecule has 0 spiro atoms. The number of hydrogen-bond acceptors (Lipinski definition) is 9. The van der Waals surface area contributed by atoms with Crippen LogP contribution in [0.3, 0.4) is 0 Å². The molecule has 1 unspecified atom stereocenters.